The van der Waals surface area contributed by atoms with E-state index in [1.54, 1.807) is 0 Å². The monoisotopic (exact) mass is 302 g/mol. The lowest BCUT2D eigenvalue weighted by Gasteiger charge is -2.43. The molecule has 1 saturated carbocycles. The molecule has 114 valence electrons. The fraction of sp³-hybridized carbons (Fsp3) is 1.00. The van der Waals surface area contributed by atoms with Gasteiger partial charge < -0.3 is 0 Å². The molecule has 0 aromatic carbocycles. The molecular weight excluding hydrogens is 292 g/mol. The van der Waals surface area contributed by atoms with Crippen LogP contribution in [0, 0.1) is 5.92 Å². The Kier molecular flexibility index (Phi) is 4.35. The van der Waals surface area contributed by atoms with Crippen molar-refractivity contribution in [2.45, 2.75) is 50.6 Å². The predicted molar refractivity (Wildman–Crippen MR) is 45.2 cm³/mol. The number of hydrogen-bond donors (Lipinski definition) is 0. The molecule has 1 rings (SSSR count). The van der Waals surface area contributed by atoms with Gasteiger partial charge in [0, 0.05) is 0 Å². The minimum absolute atomic E-state index is 0.730. The molecule has 0 aromatic rings. The lowest BCUT2D eigenvalue weighted by atomic mass is 9.83. The number of ether oxygens (including phenoxy) is 2. The summed E-state index contributed by atoms with van der Waals surface area (Å²) in [5.41, 5.74) is 0. The maximum absolute atomic E-state index is 13.6. The van der Waals surface area contributed by atoms with Crippen LogP contribution in [0.3, 0.4) is 0 Å². The quantitative estimate of drug-likeness (QED) is 0.569. The molecular formula is C9H10F8O2. The Labute approximate surface area is 102 Å². The number of halogens is 8. The molecule has 1 aliphatic rings. The van der Waals surface area contributed by atoms with Crippen LogP contribution in [0.15, 0.2) is 0 Å². The molecule has 0 radical (unpaired) electrons. The van der Waals surface area contributed by atoms with E-state index < -0.39 is 49.6 Å². The van der Waals surface area contributed by atoms with Crippen molar-refractivity contribution >= 4 is 0 Å². The molecule has 0 heterocycles. The highest BCUT2D eigenvalue weighted by Gasteiger charge is 2.63. The molecule has 19 heavy (non-hydrogen) atoms. The largest absolute Gasteiger partial charge is 0.525 e. The van der Waals surface area contributed by atoms with Gasteiger partial charge in [0.1, 0.15) is 0 Å². The van der Waals surface area contributed by atoms with Crippen molar-refractivity contribution in [2.75, 3.05) is 0 Å². The first-order valence-electron chi connectivity index (χ1n) is 5.17. The molecule has 0 amide bonds. The molecule has 2 atom stereocenters. The van der Waals surface area contributed by atoms with Gasteiger partial charge in [0.25, 0.3) is 0 Å². The van der Waals surface area contributed by atoms with Gasteiger partial charge in [-0.3, -0.25) is 9.47 Å². The van der Waals surface area contributed by atoms with Crippen molar-refractivity contribution in [3.05, 3.63) is 0 Å². The third-order valence-corrected chi connectivity index (χ3v) is 2.64. The van der Waals surface area contributed by atoms with E-state index in [0.717, 1.165) is 0 Å². The molecule has 10 heteroatoms. The average Bonchev–Trinajstić information content (AvgIpc) is 2.08. The minimum atomic E-state index is -5.67. The first-order chi connectivity index (χ1) is 8.36. The SMILES string of the molecule is CC1CC(F)C(OC(F)(F)F)(OC(F)(F)F)C(F)C1. The Morgan fingerprint density at radius 3 is 1.42 bits per heavy atom. The summed E-state index contributed by atoms with van der Waals surface area (Å²) >= 11 is 0. The normalized spacial score (nSPS) is 32.4. The van der Waals surface area contributed by atoms with Crippen LogP contribution in [-0.4, -0.2) is 30.9 Å². The van der Waals surface area contributed by atoms with Crippen LogP contribution in [0.25, 0.3) is 0 Å². The Balaban J connectivity index is 3.09. The van der Waals surface area contributed by atoms with Gasteiger partial charge in [0.15, 0.2) is 12.3 Å². The van der Waals surface area contributed by atoms with E-state index in [9.17, 15) is 35.1 Å². The topological polar surface area (TPSA) is 18.5 Å². The van der Waals surface area contributed by atoms with Crippen LogP contribution in [0.4, 0.5) is 35.1 Å². The minimum Gasteiger partial charge on any atom is -0.253 e. The zero-order valence-corrected chi connectivity index (χ0v) is 9.49. The summed E-state index contributed by atoms with van der Waals surface area (Å²) in [5.74, 6) is -4.77. The third-order valence-electron chi connectivity index (χ3n) is 2.64. The second-order valence-corrected chi connectivity index (χ2v) is 4.33. The van der Waals surface area contributed by atoms with Gasteiger partial charge in [0.05, 0.1) is 0 Å². The van der Waals surface area contributed by atoms with E-state index in [-0.39, 0.29) is 0 Å². The summed E-state index contributed by atoms with van der Waals surface area (Å²) in [4.78, 5) is 0. The zero-order valence-electron chi connectivity index (χ0n) is 9.49. The van der Waals surface area contributed by atoms with Gasteiger partial charge >= 0.3 is 12.7 Å². The van der Waals surface area contributed by atoms with Crippen LogP contribution in [0.2, 0.25) is 0 Å². The maximum atomic E-state index is 13.6. The van der Waals surface area contributed by atoms with E-state index in [2.05, 4.69) is 9.47 Å². The molecule has 0 bridgehead atoms. The molecule has 0 N–H and O–H groups in total. The van der Waals surface area contributed by atoms with Gasteiger partial charge in [-0.15, -0.1) is 26.3 Å². The molecule has 2 nitrogen and oxygen atoms in total. The van der Waals surface area contributed by atoms with Crippen LogP contribution < -0.4 is 0 Å². The first-order valence-corrected chi connectivity index (χ1v) is 5.17. The fourth-order valence-electron chi connectivity index (χ4n) is 1.97. The van der Waals surface area contributed by atoms with Crippen LogP contribution >= 0.6 is 0 Å². The van der Waals surface area contributed by atoms with Gasteiger partial charge in [0.2, 0.25) is 5.79 Å². The summed E-state index contributed by atoms with van der Waals surface area (Å²) in [6.07, 6.45) is -18.6. The summed E-state index contributed by atoms with van der Waals surface area (Å²) in [7, 11) is 0. The van der Waals surface area contributed by atoms with Crippen LogP contribution in [-0.2, 0) is 9.47 Å². The molecule has 0 aliphatic heterocycles. The lowest BCUT2D eigenvalue weighted by molar-refractivity contribution is -0.503. The highest BCUT2D eigenvalue weighted by molar-refractivity contribution is 4.95. The van der Waals surface area contributed by atoms with E-state index in [0.29, 0.717) is 0 Å². The molecule has 0 aromatic heterocycles. The van der Waals surface area contributed by atoms with Crippen LogP contribution in [0.1, 0.15) is 19.8 Å². The number of alkyl halides is 8. The van der Waals surface area contributed by atoms with Gasteiger partial charge in [-0.25, -0.2) is 8.78 Å². The summed E-state index contributed by atoms with van der Waals surface area (Å²) < 4.78 is 106. The molecule has 0 spiro atoms. The number of rotatable bonds is 2. The Morgan fingerprint density at radius 2 is 1.16 bits per heavy atom. The predicted octanol–water partition coefficient (Wildman–Crippen LogP) is 3.86. The maximum Gasteiger partial charge on any atom is 0.525 e. The van der Waals surface area contributed by atoms with Crippen molar-refractivity contribution in [3.8, 4) is 0 Å². The smallest absolute Gasteiger partial charge is 0.253 e. The van der Waals surface area contributed by atoms with Crippen molar-refractivity contribution in [1.29, 1.82) is 0 Å². The van der Waals surface area contributed by atoms with Crippen molar-refractivity contribution in [2.24, 2.45) is 5.92 Å². The Bertz CT molecular complexity index is 282. The van der Waals surface area contributed by atoms with E-state index in [4.69, 9.17) is 0 Å². The van der Waals surface area contributed by atoms with Gasteiger partial charge in [-0.1, -0.05) is 6.92 Å². The Hall–Kier alpha value is -0.640. The fourth-order valence-corrected chi connectivity index (χ4v) is 1.97. The second kappa shape index (κ2) is 5.04. The third kappa shape index (κ3) is 4.16. The molecule has 1 fully saturated rings. The summed E-state index contributed by atoms with van der Waals surface area (Å²) in [6, 6.07) is 0. The van der Waals surface area contributed by atoms with Gasteiger partial charge in [-0.2, -0.15) is 0 Å². The standard InChI is InChI=1S/C9H10F8O2/c1-4-2-5(10)7(6(11)3-4,18-8(12,13)14)19-9(15,16)17/h4-6H,2-3H2,1H3. The van der Waals surface area contributed by atoms with Crippen molar-refractivity contribution < 1.29 is 44.6 Å². The van der Waals surface area contributed by atoms with Gasteiger partial charge in [-0.05, 0) is 18.8 Å². The van der Waals surface area contributed by atoms with E-state index in [1.807, 2.05) is 0 Å². The Morgan fingerprint density at radius 1 is 0.842 bits per heavy atom. The van der Waals surface area contributed by atoms with E-state index in [1.165, 1.54) is 6.92 Å². The van der Waals surface area contributed by atoms with Crippen molar-refractivity contribution in [3.63, 3.8) is 0 Å². The lowest BCUT2D eigenvalue weighted by Crippen LogP contribution is -2.60. The van der Waals surface area contributed by atoms with Crippen molar-refractivity contribution in [1.82, 2.24) is 0 Å². The highest BCUT2D eigenvalue weighted by Crippen LogP contribution is 2.46. The molecule has 2 unspecified atom stereocenters. The summed E-state index contributed by atoms with van der Waals surface area (Å²) in [6.45, 7) is 1.30. The average molecular weight is 302 g/mol. The van der Waals surface area contributed by atoms with Crippen LogP contribution in [0.5, 0.6) is 0 Å². The number of hydrogen-bond acceptors (Lipinski definition) is 2. The summed E-state index contributed by atoms with van der Waals surface area (Å²) in [5, 5.41) is 0. The second-order valence-electron chi connectivity index (χ2n) is 4.33. The molecule has 1 aliphatic carbocycles. The first kappa shape index (κ1) is 16.4. The highest BCUT2D eigenvalue weighted by atomic mass is 19.4. The molecule has 0 saturated heterocycles. The van der Waals surface area contributed by atoms with E-state index >= 15 is 0 Å². The zero-order chi connectivity index (χ0) is 15.1.